The largest absolute Gasteiger partial charge is 0.448 e. The van der Waals surface area contributed by atoms with Crippen LogP contribution in [0.2, 0.25) is 0 Å². The normalized spacial score (nSPS) is 20.9. The lowest BCUT2D eigenvalue weighted by Crippen LogP contribution is -2.45. The molecule has 0 amide bonds. The van der Waals surface area contributed by atoms with Crippen LogP contribution in [-0.4, -0.2) is 5.79 Å². The average molecular weight is 190 g/mol. The summed E-state index contributed by atoms with van der Waals surface area (Å²) in [6, 6.07) is 6.24. The zero-order valence-electron chi connectivity index (χ0n) is 8.38. The van der Waals surface area contributed by atoms with Gasteiger partial charge in [0.1, 0.15) is 0 Å². The first-order valence-electron chi connectivity index (χ1n) is 5.32. The second kappa shape index (κ2) is 2.66. The molecule has 0 saturated heterocycles. The lowest BCUT2D eigenvalue weighted by molar-refractivity contribution is -0.138. The van der Waals surface area contributed by atoms with Gasteiger partial charge in [-0.05, 0) is 30.5 Å². The molecule has 1 heterocycles. The highest BCUT2D eigenvalue weighted by Gasteiger charge is 2.46. The highest BCUT2D eigenvalue weighted by Crippen LogP contribution is 2.48. The van der Waals surface area contributed by atoms with Crippen molar-refractivity contribution in [3.63, 3.8) is 0 Å². The van der Waals surface area contributed by atoms with Crippen LogP contribution in [0.15, 0.2) is 18.2 Å². The predicted octanol–water partition coefficient (Wildman–Crippen LogP) is 2.90. The molecule has 0 aromatic heterocycles. The van der Waals surface area contributed by atoms with Gasteiger partial charge in [-0.15, -0.1) is 0 Å². The zero-order valence-corrected chi connectivity index (χ0v) is 8.38. The average Bonchev–Trinajstić information content (AvgIpc) is 2.55. The number of benzene rings is 1. The van der Waals surface area contributed by atoms with Crippen LogP contribution in [0.1, 0.15) is 31.7 Å². The molecular weight excluding hydrogens is 176 g/mol. The van der Waals surface area contributed by atoms with Crippen molar-refractivity contribution in [2.24, 2.45) is 0 Å². The van der Waals surface area contributed by atoms with E-state index < -0.39 is 0 Å². The Kier molecular flexibility index (Phi) is 1.55. The molecule has 1 fully saturated rings. The van der Waals surface area contributed by atoms with Crippen molar-refractivity contribution in [3.05, 3.63) is 23.8 Å². The molecule has 14 heavy (non-hydrogen) atoms. The number of fused-ring (bicyclic) bond motifs is 1. The van der Waals surface area contributed by atoms with Crippen molar-refractivity contribution < 1.29 is 9.47 Å². The minimum atomic E-state index is -0.283. The summed E-state index contributed by atoms with van der Waals surface area (Å²) in [5, 5.41) is 0. The lowest BCUT2D eigenvalue weighted by Gasteiger charge is -2.35. The first-order chi connectivity index (χ1) is 6.81. The summed E-state index contributed by atoms with van der Waals surface area (Å²) in [5.74, 6) is 1.57. The number of ether oxygens (including phenoxy) is 2. The molecule has 1 aliphatic heterocycles. The van der Waals surface area contributed by atoms with Crippen molar-refractivity contribution in [1.82, 2.24) is 0 Å². The molecule has 1 saturated carbocycles. The van der Waals surface area contributed by atoms with E-state index in [-0.39, 0.29) is 5.79 Å². The first kappa shape index (κ1) is 8.16. The van der Waals surface area contributed by atoms with Gasteiger partial charge in [0.05, 0.1) is 0 Å². The van der Waals surface area contributed by atoms with Gasteiger partial charge >= 0.3 is 0 Å². The van der Waals surface area contributed by atoms with Gasteiger partial charge in [-0.2, -0.15) is 0 Å². The molecule has 0 atom stereocenters. The van der Waals surface area contributed by atoms with Crippen molar-refractivity contribution in [2.45, 2.75) is 38.4 Å². The highest BCUT2D eigenvalue weighted by molar-refractivity contribution is 5.46. The summed E-state index contributed by atoms with van der Waals surface area (Å²) in [6.07, 6.45) is 4.32. The molecule has 2 nitrogen and oxygen atoms in total. The highest BCUT2D eigenvalue weighted by atomic mass is 16.7. The van der Waals surface area contributed by atoms with Crippen LogP contribution in [0.5, 0.6) is 11.5 Å². The first-order valence-corrected chi connectivity index (χ1v) is 5.32. The Bertz CT molecular complexity index is 367. The summed E-state index contributed by atoms with van der Waals surface area (Å²) in [5.41, 5.74) is 1.31. The molecule has 2 heteroatoms. The third-order valence-electron chi connectivity index (χ3n) is 3.12. The number of aryl methyl sites for hydroxylation is 1. The van der Waals surface area contributed by atoms with Gasteiger partial charge in [-0.1, -0.05) is 13.0 Å². The fourth-order valence-corrected chi connectivity index (χ4v) is 2.03. The van der Waals surface area contributed by atoms with Crippen LogP contribution < -0.4 is 9.47 Å². The van der Waals surface area contributed by atoms with Gasteiger partial charge < -0.3 is 9.47 Å². The molecule has 1 aromatic rings. The van der Waals surface area contributed by atoms with Gasteiger partial charge in [0.25, 0.3) is 5.79 Å². The Balaban J connectivity index is 1.94. The van der Waals surface area contributed by atoms with E-state index in [1.807, 2.05) is 6.07 Å². The van der Waals surface area contributed by atoms with Gasteiger partial charge in [0.2, 0.25) is 0 Å². The summed E-state index contributed by atoms with van der Waals surface area (Å²) in [4.78, 5) is 0. The number of hydrogen-bond donors (Lipinski definition) is 0. The Labute approximate surface area is 83.8 Å². The van der Waals surface area contributed by atoms with E-state index in [1.54, 1.807) is 0 Å². The van der Waals surface area contributed by atoms with Crippen LogP contribution in [0.3, 0.4) is 0 Å². The molecule has 0 bridgehead atoms. The van der Waals surface area contributed by atoms with Gasteiger partial charge in [0, 0.05) is 12.8 Å². The molecular formula is C12H14O2. The second-order valence-corrected chi connectivity index (χ2v) is 4.10. The van der Waals surface area contributed by atoms with E-state index in [4.69, 9.17) is 9.47 Å². The van der Waals surface area contributed by atoms with Gasteiger partial charge in [-0.25, -0.2) is 0 Å². The van der Waals surface area contributed by atoms with Crippen molar-refractivity contribution in [1.29, 1.82) is 0 Å². The van der Waals surface area contributed by atoms with E-state index in [9.17, 15) is 0 Å². The third-order valence-corrected chi connectivity index (χ3v) is 3.12. The Morgan fingerprint density at radius 3 is 2.64 bits per heavy atom. The van der Waals surface area contributed by atoms with E-state index in [0.29, 0.717) is 0 Å². The summed E-state index contributed by atoms with van der Waals surface area (Å²) in [6.45, 7) is 2.15. The fraction of sp³-hybridized carbons (Fsp3) is 0.500. The monoisotopic (exact) mass is 190 g/mol. The topological polar surface area (TPSA) is 18.5 Å². The molecule has 0 radical (unpaired) electrons. The van der Waals surface area contributed by atoms with Crippen molar-refractivity contribution >= 4 is 0 Å². The van der Waals surface area contributed by atoms with Gasteiger partial charge in [-0.3, -0.25) is 0 Å². The summed E-state index contributed by atoms with van der Waals surface area (Å²) >= 11 is 0. The predicted molar refractivity (Wildman–Crippen MR) is 53.7 cm³/mol. The number of rotatable bonds is 1. The Hall–Kier alpha value is -1.18. The zero-order chi connectivity index (χ0) is 9.60. The minimum absolute atomic E-state index is 0.283. The fourth-order valence-electron chi connectivity index (χ4n) is 2.03. The SMILES string of the molecule is CCc1ccc2c(c1)OC1(CCC1)O2. The molecule has 2 aliphatic rings. The summed E-state index contributed by atoms with van der Waals surface area (Å²) < 4.78 is 11.7. The molecule has 1 aromatic carbocycles. The molecule has 1 aliphatic carbocycles. The quantitative estimate of drug-likeness (QED) is 0.678. The number of hydrogen-bond acceptors (Lipinski definition) is 2. The van der Waals surface area contributed by atoms with Crippen LogP contribution in [0.4, 0.5) is 0 Å². The van der Waals surface area contributed by atoms with Crippen molar-refractivity contribution in [2.75, 3.05) is 0 Å². The standard InChI is InChI=1S/C12H14O2/c1-2-9-4-5-10-11(8-9)14-12(13-10)6-3-7-12/h4-5,8H,2-3,6-7H2,1H3. The molecule has 74 valence electrons. The van der Waals surface area contributed by atoms with Crippen LogP contribution in [-0.2, 0) is 6.42 Å². The van der Waals surface area contributed by atoms with E-state index in [2.05, 4.69) is 19.1 Å². The van der Waals surface area contributed by atoms with Crippen LogP contribution in [0.25, 0.3) is 0 Å². The van der Waals surface area contributed by atoms with E-state index in [0.717, 1.165) is 30.8 Å². The molecule has 1 spiro atoms. The third kappa shape index (κ3) is 1.03. The molecule has 3 rings (SSSR count). The van der Waals surface area contributed by atoms with Gasteiger partial charge in [0.15, 0.2) is 11.5 Å². The lowest BCUT2D eigenvalue weighted by atomic mass is 9.91. The maximum Gasteiger partial charge on any atom is 0.251 e. The smallest absolute Gasteiger partial charge is 0.251 e. The van der Waals surface area contributed by atoms with Crippen LogP contribution >= 0.6 is 0 Å². The maximum atomic E-state index is 5.85. The Morgan fingerprint density at radius 2 is 2.00 bits per heavy atom. The maximum absolute atomic E-state index is 5.85. The molecule has 0 N–H and O–H groups in total. The Morgan fingerprint density at radius 1 is 1.21 bits per heavy atom. The van der Waals surface area contributed by atoms with E-state index in [1.165, 1.54) is 12.0 Å². The summed E-state index contributed by atoms with van der Waals surface area (Å²) in [7, 11) is 0. The van der Waals surface area contributed by atoms with Crippen LogP contribution in [0, 0.1) is 0 Å². The second-order valence-electron chi connectivity index (χ2n) is 4.10. The minimum Gasteiger partial charge on any atom is -0.448 e. The molecule has 0 unspecified atom stereocenters. The van der Waals surface area contributed by atoms with Crippen molar-refractivity contribution in [3.8, 4) is 11.5 Å². The van der Waals surface area contributed by atoms with E-state index >= 15 is 0 Å².